The second-order valence-corrected chi connectivity index (χ2v) is 7.12. The van der Waals surface area contributed by atoms with E-state index in [1.165, 1.54) is 0 Å². The molecule has 0 atom stereocenters. The van der Waals surface area contributed by atoms with E-state index in [4.69, 9.17) is 4.74 Å². The standard InChI is InChI=1S/C15H19Br2NO2/c1-10-3-5-18(6-4-10)14(19)9-20-15-12(16)7-11(2)8-13(15)17/h7-8,10H,3-6,9H2,1-2H3. The number of halogens is 2. The fourth-order valence-electron chi connectivity index (χ4n) is 2.31. The van der Waals surface area contributed by atoms with Crippen LogP contribution in [-0.2, 0) is 4.79 Å². The van der Waals surface area contributed by atoms with Gasteiger partial charge < -0.3 is 9.64 Å². The molecule has 1 heterocycles. The maximum absolute atomic E-state index is 12.1. The van der Waals surface area contributed by atoms with E-state index in [9.17, 15) is 4.79 Å². The molecule has 110 valence electrons. The minimum absolute atomic E-state index is 0.0660. The number of ether oxygens (including phenoxy) is 1. The molecule has 1 aromatic carbocycles. The highest BCUT2D eigenvalue weighted by atomic mass is 79.9. The van der Waals surface area contributed by atoms with Crippen LogP contribution in [0.1, 0.15) is 25.3 Å². The van der Waals surface area contributed by atoms with Gasteiger partial charge >= 0.3 is 0 Å². The first-order valence-electron chi connectivity index (χ1n) is 6.83. The summed E-state index contributed by atoms with van der Waals surface area (Å²) in [6.07, 6.45) is 2.17. The predicted molar refractivity (Wildman–Crippen MR) is 87.1 cm³/mol. The second kappa shape index (κ2) is 6.94. The summed E-state index contributed by atoms with van der Waals surface area (Å²) in [6, 6.07) is 3.96. The normalized spacial score (nSPS) is 16.3. The van der Waals surface area contributed by atoms with Gasteiger partial charge in [-0.05, 0) is 75.2 Å². The molecule has 0 bridgehead atoms. The highest BCUT2D eigenvalue weighted by Crippen LogP contribution is 2.34. The third-order valence-corrected chi connectivity index (χ3v) is 4.80. The molecule has 1 saturated heterocycles. The third-order valence-electron chi connectivity index (χ3n) is 3.62. The summed E-state index contributed by atoms with van der Waals surface area (Å²) < 4.78 is 7.41. The van der Waals surface area contributed by atoms with E-state index >= 15 is 0 Å². The first-order valence-corrected chi connectivity index (χ1v) is 8.42. The highest BCUT2D eigenvalue weighted by Gasteiger charge is 2.21. The van der Waals surface area contributed by atoms with Crippen molar-refractivity contribution in [3.63, 3.8) is 0 Å². The minimum Gasteiger partial charge on any atom is -0.481 e. The van der Waals surface area contributed by atoms with Gasteiger partial charge in [-0.15, -0.1) is 0 Å². The van der Waals surface area contributed by atoms with Gasteiger partial charge in [-0.2, -0.15) is 0 Å². The average Bonchev–Trinajstić information content (AvgIpc) is 2.38. The summed E-state index contributed by atoms with van der Waals surface area (Å²) >= 11 is 6.94. The number of aryl methyl sites for hydroxylation is 1. The Bertz CT molecular complexity index is 474. The molecule has 0 radical (unpaired) electrons. The zero-order valence-electron chi connectivity index (χ0n) is 11.8. The van der Waals surface area contributed by atoms with Crippen LogP contribution in [0.2, 0.25) is 0 Å². The van der Waals surface area contributed by atoms with Crippen molar-refractivity contribution < 1.29 is 9.53 Å². The Labute approximate surface area is 136 Å². The van der Waals surface area contributed by atoms with Gasteiger partial charge in [0, 0.05) is 13.1 Å². The summed E-state index contributed by atoms with van der Waals surface area (Å²) in [6.45, 7) is 6.03. The molecule has 1 aliphatic rings. The Morgan fingerprint density at radius 3 is 2.40 bits per heavy atom. The number of carbonyl (C=O) groups excluding carboxylic acids is 1. The molecule has 5 heteroatoms. The van der Waals surface area contributed by atoms with Crippen LogP contribution in [-0.4, -0.2) is 30.5 Å². The molecule has 0 saturated carbocycles. The molecular formula is C15H19Br2NO2. The van der Waals surface area contributed by atoms with E-state index < -0.39 is 0 Å². The number of hydrogen-bond donors (Lipinski definition) is 0. The summed E-state index contributed by atoms with van der Waals surface area (Å²) in [5, 5.41) is 0. The van der Waals surface area contributed by atoms with Crippen molar-refractivity contribution in [2.24, 2.45) is 5.92 Å². The minimum atomic E-state index is 0.0660. The lowest BCUT2D eigenvalue weighted by Crippen LogP contribution is -2.40. The van der Waals surface area contributed by atoms with Crippen LogP contribution in [0.15, 0.2) is 21.1 Å². The topological polar surface area (TPSA) is 29.5 Å². The van der Waals surface area contributed by atoms with Crippen LogP contribution < -0.4 is 4.74 Å². The lowest BCUT2D eigenvalue weighted by atomic mass is 9.99. The number of piperidine rings is 1. The summed E-state index contributed by atoms with van der Waals surface area (Å²) in [5.74, 6) is 1.48. The van der Waals surface area contributed by atoms with Crippen LogP contribution >= 0.6 is 31.9 Å². The SMILES string of the molecule is Cc1cc(Br)c(OCC(=O)N2CCC(C)CC2)c(Br)c1. The van der Waals surface area contributed by atoms with Gasteiger partial charge in [0.05, 0.1) is 8.95 Å². The van der Waals surface area contributed by atoms with Gasteiger partial charge in [0.15, 0.2) is 6.61 Å². The lowest BCUT2D eigenvalue weighted by Gasteiger charge is -2.30. The Hall–Kier alpha value is -0.550. The Balaban J connectivity index is 1.94. The van der Waals surface area contributed by atoms with E-state index in [-0.39, 0.29) is 12.5 Å². The summed E-state index contributed by atoms with van der Waals surface area (Å²) in [4.78, 5) is 14.0. The molecule has 3 nitrogen and oxygen atoms in total. The number of benzene rings is 1. The van der Waals surface area contributed by atoms with Gasteiger partial charge in [-0.1, -0.05) is 6.92 Å². The molecule has 1 fully saturated rings. The van der Waals surface area contributed by atoms with Crippen molar-refractivity contribution in [1.29, 1.82) is 0 Å². The third kappa shape index (κ3) is 3.98. The average molecular weight is 405 g/mol. The first-order chi connectivity index (χ1) is 9.47. The number of likely N-dealkylation sites (tertiary alicyclic amines) is 1. The molecule has 20 heavy (non-hydrogen) atoms. The zero-order chi connectivity index (χ0) is 14.7. The van der Waals surface area contributed by atoms with Crippen LogP contribution in [0.25, 0.3) is 0 Å². The molecule has 2 rings (SSSR count). The monoisotopic (exact) mass is 403 g/mol. The van der Waals surface area contributed by atoms with Gasteiger partial charge in [0.25, 0.3) is 5.91 Å². The van der Waals surface area contributed by atoms with E-state index in [1.54, 1.807) is 0 Å². The van der Waals surface area contributed by atoms with Crippen molar-refractivity contribution in [1.82, 2.24) is 4.90 Å². The number of nitrogens with zero attached hydrogens (tertiary/aromatic N) is 1. The Morgan fingerprint density at radius 1 is 1.30 bits per heavy atom. The van der Waals surface area contributed by atoms with E-state index in [0.29, 0.717) is 5.75 Å². The van der Waals surface area contributed by atoms with Gasteiger partial charge in [0.1, 0.15) is 5.75 Å². The van der Waals surface area contributed by atoms with Crippen LogP contribution in [0, 0.1) is 12.8 Å². The second-order valence-electron chi connectivity index (χ2n) is 5.41. The number of hydrogen-bond acceptors (Lipinski definition) is 2. The Morgan fingerprint density at radius 2 is 1.85 bits per heavy atom. The largest absolute Gasteiger partial charge is 0.481 e. The molecule has 0 unspecified atom stereocenters. The van der Waals surface area contributed by atoms with Crippen molar-refractivity contribution in [3.05, 3.63) is 26.6 Å². The van der Waals surface area contributed by atoms with Gasteiger partial charge in [0.2, 0.25) is 0 Å². The lowest BCUT2D eigenvalue weighted by molar-refractivity contribution is -0.134. The van der Waals surface area contributed by atoms with E-state index in [0.717, 1.165) is 46.4 Å². The highest BCUT2D eigenvalue weighted by molar-refractivity contribution is 9.11. The number of carbonyl (C=O) groups is 1. The molecule has 1 amide bonds. The van der Waals surface area contributed by atoms with Gasteiger partial charge in [-0.3, -0.25) is 4.79 Å². The number of amides is 1. The summed E-state index contributed by atoms with van der Waals surface area (Å²) in [7, 11) is 0. The van der Waals surface area contributed by atoms with Gasteiger partial charge in [-0.25, -0.2) is 0 Å². The van der Waals surface area contributed by atoms with Crippen LogP contribution in [0.3, 0.4) is 0 Å². The van der Waals surface area contributed by atoms with Crippen molar-refractivity contribution >= 4 is 37.8 Å². The van der Waals surface area contributed by atoms with E-state index in [2.05, 4.69) is 38.8 Å². The van der Waals surface area contributed by atoms with Crippen LogP contribution in [0.4, 0.5) is 0 Å². The fraction of sp³-hybridized carbons (Fsp3) is 0.533. The van der Waals surface area contributed by atoms with Crippen LogP contribution in [0.5, 0.6) is 5.75 Å². The number of rotatable bonds is 3. The molecule has 1 aromatic rings. The molecule has 0 spiro atoms. The van der Waals surface area contributed by atoms with Crippen molar-refractivity contribution in [2.45, 2.75) is 26.7 Å². The quantitative estimate of drug-likeness (QED) is 0.756. The molecular weight excluding hydrogens is 386 g/mol. The maximum atomic E-state index is 12.1. The first kappa shape index (κ1) is 15.8. The van der Waals surface area contributed by atoms with E-state index in [1.807, 2.05) is 24.0 Å². The smallest absolute Gasteiger partial charge is 0.260 e. The van der Waals surface area contributed by atoms with Crippen molar-refractivity contribution in [2.75, 3.05) is 19.7 Å². The summed E-state index contributed by atoms with van der Waals surface area (Å²) in [5.41, 5.74) is 1.13. The molecule has 1 aliphatic heterocycles. The predicted octanol–water partition coefficient (Wildman–Crippen LogP) is 4.16. The molecule has 0 aromatic heterocycles. The zero-order valence-corrected chi connectivity index (χ0v) is 15.0. The Kier molecular flexibility index (Phi) is 5.49. The maximum Gasteiger partial charge on any atom is 0.260 e. The molecule has 0 N–H and O–H groups in total. The van der Waals surface area contributed by atoms with Crippen molar-refractivity contribution in [3.8, 4) is 5.75 Å². The molecule has 0 aliphatic carbocycles. The fourth-order valence-corrected chi connectivity index (χ4v) is 3.95.